The minimum Gasteiger partial charge on any atom is -0.353 e. The van der Waals surface area contributed by atoms with Crippen molar-refractivity contribution in [1.29, 1.82) is 0 Å². The molecule has 3 amide bonds. The molecule has 8 heteroatoms. The van der Waals surface area contributed by atoms with E-state index in [1.54, 1.807) is 17.6 Å². The Bertz CT molecular complexity index is 1090. The van der Waals surface area contributed by atoms with Gasteiger partial charge in [-0.05, 0) is 55.0 Å². The third-order valence-electron chi connectivity index (χ3n) is 5.50. The van der Waals surface area contributed by atoms with E-state index in [4.69, 9.17) is 16.8 Å². The van der Waals surface area contributed by atoms with E-state index in [1.807, 2.05) is 48.5 Å². The topological polar surface area (TPSA) is 108 Å². The van der Waals surface area contributed by atoms with Crippen molar-refractivity contribution in [3.63, 3.8) is 0 Å². The Morgan fingerprint density at radius 3 is 2.37 bits per heavy atom. The highest BCUT2D eigenvalue weighted by Gasteiger charge is 2.25. The molecule has 0 bridgehead atoms. The van der Waals surface area contributed by atoms with Crippen molar-refractivity contribution >= 4 is 47.0 Å². The zero-order chi connectivity index (χ0) is 25.0. The van der Waals surface area contributed by atoms with Gasteiger partial charge in [0.2, 0.25) is 11.8 Å². The van der Waals surface area contributed by atoms with Crippen molar-refractivity contribution in [2.24, 2.45) is 0 Å². The first-order chi connectivity index (χ1) is 17.0. The predicted molar refractivity (Wildman–Crippen MR) is 137 cm³/mol. The molecule has 1 saturated carbocycles. The van der Waals surface area contributed by atoms with E-state index in [9.17, 15) is 14.4 Å². The van der Waals surface area contributed by atoms with Crippen LogP contribution in [0.25, 0.3) is 17.7 Å². The summed E-state index contributed by atoms with van der Waals surface area (Å²) in [6.45, 7) is 0.515. The molecular weight excluding hydrogens is 466 g/mol. The summed E-state index contributed by atoms with van der Waals surface area (Å²) in [6.07, 6.45) is 9.47. The average Bonchev–Trinajstić information content (AvgIpc) is 3.68. The number of unbranched alkanes of at least 4 members (excludes halogenated alkanes) is 2. The van der Waals surface area contributed by atoms with Crippen molar-refractivity contribution in [2.75, 3.05) is 6.54 Å². The Hall–Kier alpha value is -3.42. The zero-order valence-corrected chi connectivity index (χ0v) is 20.2. The number of hydrogen-bond donors (Lipinski definition) is 4. The van der Waals surface area contributed by atoms with E-state index in [-0.39, 0.29) is 24.3 Å². The van der Waals surface area contributed by atoms with Gasteiger partial charge in [0.25, 0.3) is 5.91 Å². The second kappa shape index (κ2) is 13.5. The molecule has 3 rings (SSSR count). The first-order valence-electron chi connectivity index (χ1n) is 11.7. The number of benzene rings is 2. The maximum Gasteiger partial charge on any atom is 0.252 e. The fraction of sp³-hybridized carbons (Fsp3) is 0.296. The summed E-state index contributed by atoms with van der Waals surface area (Å²) in [6, 6.07) is 15.1. The zero-order valence-electron chi connectivity index (χ0n) is 19.4. The van der Waals surface area contributed by atoms with Crippen LogP contribution in [0.3, 0.4) is 0 Å². The van der Waals surface area contributed by atoms with Crippen molar-refractivity contribution < 1.29 is 19.6 Å². The highest BCUT2D eigenvalue weighted by Crippen LogP contribution is 2.28. The number of hydrogen-bond acceptors (Lipinski definition) is 4. The van der Waals surface area contributed by atoms with Gasteiger partial charge in [-0.2, -0.15) is 0 Å². The molecule has 4 N–H and O–H groups in total. The number of rotatable bonds is 12. The Labute approximate surface area is 210 Å². The van der Waals surface area contributed by atoms with Crippen LogP contribution in [0.4, 0.5) is 0 Å². The van der Waals surface area contributed by atoms with Crippen molar-refractivity contribution in [2.45, 2.75) is 44.6 Å². The largest absolute Gasteiger partial charge is 0.353 e. The molecule has 0 unspecified atom stereocenters. The lowest BCUT2D eigenvalue weighted by molar-refractivity contribution is -0.129. The van der Waals surface area contributed by atoms with E-state index >= 15 is 0 Å². The van der Waals surface area contributed by atoms with Crippen LogP contribution in [0.1, 0.15) is 55.2 Å². The highest BCUT2D eigenvalue weighted by atomic mass is 35.5. The van der Waals surface area contributed by atoms with Crippen molar-refractivity contribution in [1.82, 2.24) is 16.1 Å². The number of nitrogens with one attached hydrogen (secondary N) is 3. The molecule has 0 spiro atoms. The fourth-order valence-electron chi connectivity index (χ4n) is 3.39. The third kappa shape index (κ3) is 9.03. The van der Waals surface area contributed by atoms with Crippen LogP contribution in [-0.4, -0.2) is 35.5 Å². The molecule has 0 aliphatic heterocycles. The molecular formula is C27H30ClN3O4. The molecule has 2 aromatic rings. The number of carbonyl (C=O) groups excluding carboxylic acids is 3. The van der Waals surface area contributed by atoms with Gasteiger partial charge >= 0.3 is 0 Å². The molecule has 184 valence electrons. The normalized spacial score (nSPS) is 13.5. The van der Waals surface area contributed by atoms with Gasteiger partial charge in [-0.3, -0.25) is 19.6 Å². The van der Waals surface area contributed by atoms with Crippen LogP contribution in [0, 0.1) is 0 Å². The lowest BCUT2D eigenvalue weighted by Gasteiger charge is -2.11. The summed E-state index contributed by atoms with van der Waals surface area (Å²) in [5.74, 6) is -0.738. The molecule has 1 aliphatic carbocycles. The van der Waals surface area contributed by atoms with E-state index in [1.165, 1.54) is 6.08 Å². The Morgan fingerprint density at radius 2 is 1.69 bits per heavy atom. The summed E-state index contributed by atoms with van der Waals surface area (Å²) in [5.41, 5.74) is 4.50. The number of carbonyl (C=O) groups is 3. The maximum absolute atomic E-state index is 12.9. The molecule has 35 heavy (non-hydrogen) atoms. The van der Waals surface area contributed by atoms with Gasteiger partial charge in [0.15, 0.2) is 0 Å². The first kappa shape index (κ1) is 26.2. The average molecular weight is 496 g/mol. The van der Waals surface area contributed by atoms with Crippen LogP contribution >= 0.6 is 11.6 Å². The summed E-state index contributed by atoms with van der Waals surface area (Å²) in [5, 5.41) is 14.8. The summed E-state index contributed by atoms with van der Waals surface area (Å²) in [4.78, 5) is 35.8. The van der Waals surface area contributed by atoms with Gasteiger partial charge < -0.3 is 10.6 Å². The molecule has 0 radical (unpaired) electrons. The molecule has 0 aromatic heterocycles. The second-order valence-corrected chi connectivity index (χ2v) is 8.83. The minimum atomic E-state index is -0.403. The summed E-state index contributed by atoms with van der Waals surface area (Å²) < 4.78 is 0. The van der Waals surface area contributed by atoms with E-state index < -0.39 is 5.91 Å². The number of halogens is 1. The smallest absolute Gasteiger partial charge is 0.252 e. The lowest BCUT2D eigenvalue weighted by Crippen LogP contribution is -2.26. The minimum absolute atomic E-state index is 0.141. The van der Waals surface area contributed by atoms with Gasteiger partial charge in [-0.15, -0.1) is 0 Å². The SMILES string of the molecule is O=C(C=Cc1ccc(C=C(C(=O)NC2CC2)c2ccccc2Cl)cc1)NCCCCCC(=O)NO. The van der Waals surface area contributed by atoms with Crippen LogP contribution in [0.2, 0.25) is 5.02 Å². The van der Waals surface area contributed by atoms with E-state index in [0.717, 1.165) is 36.8 Å². The number of hydroxylamine groups is 1. The van der Waals surface area contributed by atoms with E-state index in [0.29, 0.717) is 29.1 Å². The van der Waals surface area contributed by atoms with Crippen LogP contribution < -0.4 is 16.1 Å². The summed E-state index contributed by atoms with van der Waals surface area (Å²) in [7, 11) is 0. The van der Waals surface area contributed by atoms with E-state index in [2.05, 4.69) is 10.6 Å². The molecule has 1 fully saturated rings. The third-order valence-corrected chi connectivity index (χ3v) is 5.83. The first-order valence-corrected chi connectivity index (χ1v) is 12.1. The molecule has 0 saturated heterocycles. The Kier molecular flexibility index (Phi) is 10.1. The monoisotopic (exact) mass is 495 g/mol. The van der Waals surface area contributed by atoms with Crippen molar-refractivity contribution in [3.8, 4) is 0 Å². The summed E-state index contributed by atoms with van der Waals surface area (Å²) >= 11 is 6.36. The fourth-order valence-corrected chi connectivity index (χ4v) is 3.63. The predicted octanol–water partition coefficient (Wildman–Crippen LogP) is 4.35. The second-order valence-electron chi connectivity index (χ2n) is 8.42. The van der Waals surface area contributed by atoms with Gasteiger partial charge in [0.1, 0.15) is 0 Å². The molecule has 2 aromatic carbocycles. The Balaban J connectivity index is 1.56. The van der Waals surface area contributed by atoms with Crippen molar-refractivity contribution in [3.05, 3.63) is 76.3 Å². The maximum atomic E-state index is 12.9. The van der Waals surface area contributed by atoms with Crippen LogP contribution in [0.15, 0.2) is 54.6 Å². The van der Waals surface area contributed by atoms with Crippen LogP contribution in [-0.2, 0) is 14.4 Å². The highest BCUT2D eigenvalue weighted by molar-refractivity contribution is 6.36. The van der Waals surface area contributed by atoms with Gasteiger partial charge in [-0.25, -0.2) is 5.48 Å². The quantitative estimate of drug-likeness (QED) is 0.115. The lowest BCUT2D eigenvalue weighted by atomic mass is 10.0. The molecule has 1 aliphatic rings. The van der Waals surface area contributed by atoms with Gasteiger partial charge in [0.05, 0.1) is 0 Å². The standard InChI is InChI=1S/C27H30ClN3O4/c28-24-7-4-3-6-22(24)23(27(34)30-21-14-15-21)18-20-11-9-19(10-12-20)13-16-25(32)29-17-5-1-2-8-26(33)31-35/h3-4,6-7,9-13,16,18,21,35H,1-2,5,8,14-15,17H2,(H,29,32)(H,30,34)(H,31,33). The van der Waals surface area contributed by atoms with Crippen LogP contribution in [0.5, 0.6) is 0 Å². The number of amides is 3. The Morgan fingerprint density at radius 1 is 0.971 bits per heavy atom. The van der Waals surface area contributed by atoms with Gasteiger partial charge in [0, 0.05) is 41.2 Å². The molecule has 0 atom stereocenters. The molecule has 0 heterocycles. The molecule has 7 nitrogen and oxygen atoms in total. The van der Waals surface area contributed by atoms with Gasteiger partial charge in [-0.1, -0.05) is 60.5 Å².